The molecule has 3 rings (SSSR count). The average molecular weight is 311 g/mol. The van der Waals surface area contributed by atoms with Gasteiger partial charge in [0.2, 0.25) is 0 Å². The van der Waals surface area contributed by atoms with Gasteiger partial charge in [0.25, 0.3) is 0 Å². The molecule has 2 atom stereocenters. The van der Waals surface area contributed by atoms with E-state index in [2.05, 4.69) is 60.5 Å². The molecular formula is C20H25NO2. The number of aliphatic hydroxyl groups excluding tert-OH is 1. The van der Waals surface area contributed by atoms with Crippen LogP contribution in [0.5, 0.6) is 5.75 Å². The third-order valence-electron chi connectivity index (χ3n) is 4.99. The quantitative estimate of drug-likeness (QED) is 0.853. The molecule has 1 aliphatic carbocycles. The first-order chi connectivity index (χ1) is 11.2. The second kappa shape index (κ2) is 6.73. The summed E-state index contributed by atoms with van der Waals surface area (Å²) < 4.78 is 5.43. The van der Waals surface area contributed by atoms with Crippen LogP contribution in [-0.2, 0) is 5.41 Å². The van der Waals surface area contributed by atoms with Crippen molar-refractivity contribution in [2.45, 2.75) is 11.8 Å². The maximum absolute atomic E-state index is 9.14. The van der Waals surface area contributed by atoms with Crippen molar-refractivity contribution in [1.29, 1.82) is 0 Å². The van der Waals surface area contributed by atoms with Crippen molar-refractivity contribution < 1.29 is 9.84 Å². The maximum Gasteiger partial charge on any atom is 0.119 e. The van der Waals surface area contributed by atoms with E-state index in [1.54, 1.807) is 7.11 Å². The SMILES string of the molecule is COc1cccc(C2(c3ccccc3)CC2CN(C)CCO)c1. The smallest absolute Gasteiger partial charge is 0.119 e. The van der Waals surface area contributed by atoms with E-state index in [1.807, 2.05) is 6.07 Å². The van der Waals surface area contributed by atoms with Gasteiger partial charge < -0.3 is 14.7 Å². The lowest BCUT2D eigenvalue weighted by Gasteiger charge is -2.22. The Morgan fingerprint density at radius 2 is 1.87 bits per heavy atom. The van der Waals surface area contributed by atoms with Crippen LogP contribution >= 0.6 is 0 Å². The fraction of sp³-hybridized carbons (Fsp3) is 0.400. The van der Waals surface area contributed by atoms with Crippen molar-refractivity contribution in [2.75, 3.05) is 33.9 Å². The van der Waals surface area contributed by atoms with Gasteiger partial charge in [0, 0.05) is 18.5 Å². The predicted octanol–water partition coefficient (Wildman–Crippen LogP) is 2.93. The first kappa shape index (κ1) is 16.0. The summed E-state index contributed by atoms with van der Waals surface area (Å²) >= 11 is 0. The monoisotopic (exact) mass is 311 g/mol. The highest BCUT2D eigenvalue weighted by Crippen LogP contribution is 2.59. The highest BCUT2D eigenvalue weighted by atomic mass is 16.5. The van der Waals surface area contributed by atoms with Crippen LogP contribution in [0, 0.1) is 5.92 Å². The lowest BCUT2D eigenvalue weighted by molar-refractivity contribution is 0.215. The summed E-state index contributed by atoms with van der Waals surface area (Å²) in [5.41, 5.74) is 2.76. The average Bonchev–Trinajstić information content (AvgIpc) is 3.31. The molecule has 0 bridgehead atoms. The molecular weight excluding hydrogens is 286 g/mol. The van der Waals surface area contributed by atoms with Gasteiger partial charge in [-0.15, -0.1) is 0 Å². The van der Waals surface area contributed by atoms with Crippen LogP contribution in [0.4, 0.5) is 0 Å². The van der Waals surface area contributed by atoms with Crippen LogP contribution < -0.4 is 4.74 Å². The molecule has 0 amide bonds. The predicted molar refractivity (Wildman–Crippen MR) is 92.9 cm³/mol. The van der Waals surface area contributed by atoms with Gasteiger partial charge >= 0.3 is 0 Å². The minimum atomic E-state index is 0.0690. The van der Waals surface area contributed by atoms with Gasteiger partial charge in [-0.3, -0.25) is 0 Å². The fourth-order valence-corrected chi connectivity index (χ4v) is 3.70. The molecule has 0 saturated heterocycles. The lowest BCUT2D eigenvalue weighted by atomic mass is 9.85. The van der Waals surface area contributed by atoms with E-state index in [9.17, 15) is 0 Å². The van der Waals surface area contributed by atoms with Crippen molar-refractivity contribution in [3.8, 4) is 5.75 Å². The number of nitrogens with zero attached hydrogens (tertiary/aromatic N) is 1. The minimum Gasteiger partial charge on any atom is -0.497 e. The number of hydrogen-bond donors (Lipinski definition) is 1. The molecule has 3 nitrogen and oxygen atoms in total. The molecule has 0 radical (unpaired) electrons. The van der Waals surface area contributed by atoms with Gasteiger partial charge in [0.05, 0.1) is 13.7 Å². The number of benzene rings is 2. The second-order valence-corrected chi connectivity index (χ2v) is 6.46. The van der Waals surface area contributed by atoms with E-state index in [0.717, 1.165) is 25.3 Å². The molecule has 122 valence electrons. The molecule has 1 N–H and O–H groups in total. The summed E-state index contributed by atoms with van der Waals surface area (Å²) in [6.07, 6.45) is 1.14. The Hall–Kier alpha value is -1.84. The zero-order valence-electron chi connectivity index (χ0n) is 13.9. The van der Waals surface area contributed by atoms with Crippen LogP contribution in [0.25, 0.3) is 0 Å². The van der Waals surface area contributed by atoms with Crippen LogP contribution in [0.2, 0.25) is 0 Å². The van der Waals surface area contributed by atoms with Crippen molar-refractivity contribution in [3.63, 3.8) is 0 Å². The Bertz CT molecular complexity index is 643. The van der Waals surface area contributed by atoms with Crippen molar-refractivity contribution in [3.05, 3.63) is 65.7 Å². The Kier molecular flexibility index (Phi) is 4.69. The fourth-order valence-electron chi connectivity index (χ4n) is 3.70. The zero-order valence-corrected chi connectivity index (χ0v) is 13.9. The maximum atomic E-state index is 9.14. The number of rotatable bonds is 7. The minimum absolute atomic E-state index is 0.0690. The molecule has 0 aliphatic heterocycles. The molecule has 0 spiro atoms. The highest BCUT2D eigenvalue weighted by molar-refractivity contribution is 5.49. The Morgan fingerprint density at radius 3 is 2.57 bits per heavy atom. The largest absolute Gasteiger partial charge is 0.497 e. The molecule has 2 unspecified atom stereocenters. The third kappa shape index (κ3) is 3.12. The highest BCUT2D eigenvalue weighted by Gasteiger charge is 2.56. The van der Waals surface area contributed by atoms with Gasteiger partial charge in [-0.05, 0) is 42.6 Å². The van der Waals surface area contributed by atoms with Gasteiger partial charge in [-0.2, -0.15) is 0 Å². The molecule has 2 aromatic carbocycles. The van der Waals surface area contributed by atoms with E-state index < -0.39 is 0 Å². The number of methoxy groups -OCH3 is 1. The standard InChI is InChI=1S/C20H25NO2/c1-21(11-12-22)15-18-14-20(18,16-7-4-3-5-8-16)17-9-6-10-19(13-17)23-2/h3-10,13,18,22H,11-12,14-15H2,1-2H3. The molecule has 1 fully saturated rings. The Morgan fingerprint density at radius 1 is 1.13 bits per heavy atom. The van der Waals surface area contributed by atoms with Gasteiger partial charge in [0.15, 0.2) is 0 Å². The lowest BCUT2D eigenvalue weighted by Crippen LogP contribution is -2.27. The first-order valence-corrected chi connectivity index (χ1v) is 8.20. The second-order valence-electron chi connectivity index (χ2n) is 6.46. The summed E-state index contributed by atoms with van der Waals surface area (Å²) in [4.78, 5) is 2.22. The van der Waals surface area contributed by atoms with Crippen LogP contribution in [-0.4, -0.2) is 43.9 Å². The summed E-state index contributed by atoms with van der Waals surface area (Å²) in [6, 6.07) is 19.2. The van der Waals surface area contributed by atoms with E-state index in [1.165, 1.54) is 11.1 Å². The van der Waals surface area contributed by atoms with E-state index in [-0.39, 0.29) is 12.0 Å². The van der Waals surface area contributed by atoms with Gasteiger partial charge in [0.1, 0.15) is 5.75 Å². The van der Waals surface area contributed by atoms with Gasteiger partial charge in [-0.1, -0.05) is 42.5 Å². The van der Waals surface area contributed by atoms with Crippen molar-refractivity contribution in [2.24, 2.45) is 5.92 Å². The summed E-state index contributed by atoms with van der Waals surface area (Å²) in [6.45, 7) is 1.92. The van der Waals surface area contributed by atoms with Crippen molar-refractivity contribution in [1.82, 2.24) is 4.90 Å². The number of likely N-dealkylation sites (N-methyl/N-ethyl adjacent to an activating group) is 1. The topological polar surface area (TPSA) is 32.7 Å². The number of hydrogen-bond acceptors (Lipinski definition) is 3. The summed E-state index contributed by atoms with van der Waals surface area (Å²) in [7, 11) is 3.80. The van der Waals surface area contributed by atoms with E-state index in [4.69, 9.17) is 9.84 Å². The number of aliphatic hydroxyl groups is 1. The van der Waals surface area contributed by atoms with Crippen molar-refractivity contribution >= 4 is 0 Å². The summed E-state index contributed by atoms with van der Waals surface area (Å²) in [5, 5.41) is 9.14. The normalized spacial score (nSPS) is 23.0. The van der Waals surface area contributed by atoms with Gasteiger partial charge in [-0.25, -0.2) is 0 Å². The number of ether oxygens (including phenoxy) is 1. The molecule has 23 heavy (non-hydrogen) atoms. The summed E-state index contributed by atoms with van der Waals surface area (Å²) in [5.74, 6) is 1.47. The Balaban J connectivity index is 1.93. The Labute approximate surface area is 138 Å². The van der Waals surface area contributed by atoms with Crippen LogP contribution in [0.15, 0.2) is 54.6 Å². The molecule has 0 aromatic heterocycles. The zero-order chi connectivity index (χ0) is 16.3. The molecule has 0 heterocycles. The molecule has 1 saturated carbocycles. The van der Waals surface area contributed by atoms with E-state index >= 15 is 0 Å². The molecule has 3 heteroatoms. The van der Waals surface area contributed by atoms with Crippen LogP contribution in [0.3, 0.4) is 0 Å². The molecule has 2 aromatic rings. The molecule has 1 aliphatic rings. The third-order valence-corrected chi connectivity index (χ3v) is 4.99. The van der Waals surface area contributed by atoms with E-state index in [0.29, 0.717) is 5.92 Å². The first-order valence-electron chi connectivity index (χ1n) is 8.20. The van der Waals surface area contributed by atoms with Crippen LogP contribution in [0.1, 0.15) is 17.5 Å².